The molecule has 0 saturated carbocycles. The minimum atomic E-state index is -0.640. The van der Waals surface area contributed by atoms with Gasteiger partial charge >= 0.3 is 5.97 Å². The Bertz CT molecular complexity index is 1140. The SMILES string of the molecule is Cc1cc(C)n2nc(CC(=O)OCC(=O)N3CC(=O)Nc4ccccc43)nc2n1. The Kier molecular flexibility index (Phi) is 4.67. The minimum Gasteiger partial charge on any atom is -0.455 e. The molecule has 0 bridgehead atoms. The number of para-hydroxylation sites is 2. The average molecular weight is 394 g/mol. The Morgan fingerprint density at radius 2 is 2.00 bits per heavy atom. The molecule has 0 radical (unpaired) electrons. The number of amides is 2. The van der Waals surface area contributed by atoms with Crippen molar-refractivity contribution in [2.45, 2.75) is 20.3 Å². The monoisotopic (exact) mass is 394 g/mol. The van der Waals surface area contributed by atoms with Crippen LogP contribution in [0, 0.1) is 13.8 Å². The highest BCUT2D eigenvalue weighted by Gasteiger charge is 2.27. The van der Waals surface area contributed by atoms with E-state index in [-0.39, 0.29) is 24.7 Å². The second-order valence-electron chi connectivity index (χ2n) is 6.66. The molecule has 0 saturated heterocycles. The van der Waals surface area contributed by atoms with Crippen molar-refractivity contribution in [1.82, 2.24) is 19.6 Å². The molecule has 10 nitrogen and oxygen atoms in total. The number of nitrogens with one attached hydrogen (secondary N) is 1. The molecule has 0 fully saturated rings. The number of esters is 1. The summed E-state index contributed by atoms with van der Waals surface area (Å²) in [5.74, 6) is -0.783. The lowest BCUT2D eigenvalue weighted by Crippen LogP contribution is -2.44. The van der Waals surface area contributed by atoms with Crippen molar-refractivity contribution >= 4 is 34.9 Å². The molecule has 1 aliphatic heterocycles. The van der Waals surface area contributed by atoms with Gasteiger partial charge in [-0.05, 0) is 32.0 Å². The van der Waals surface area contributed by atoms with Crippen LogP contribution in [0.25, 0.3) is 5.78 Å². The van der Waals surface area contributed by atoms with Gasteiger partial charge in [-0.15, -0.1) is 5.10 Å². The fourth-order valence-corrected chi connectivity index (χ4v) is 3.14. The van der Waals surface area contributed by atoms with Crippen LogP contribution in [0.5, 0.6) is 0 Å². The summed E-state index contributed by atoms with van der Waals surface area (Å²) in [6.45, 7) is 3.10. The van der Waals surface area contributed by atoms with Crippen molar-refractivity contribution in [2.75, 3.05) is 23.4 Å². The lowest BCUT2D eigenvalue weighted by molar-refractivity contribution is -0.147. The number of fused-ring (bicyclic) bond motifs is 2. The van der Waals surface area contributed by atoms with Crippen LogP contribution in [-0.2, 0) is 25.5 Å². The van der Waals surface area contributed by atoms with E-state index >= 15 is 0 Å². The number of rotatable bonds is 4. The first-order chi connectivity index (χ1) is 13.9. The van der Waals surface area contributed by atoms with E-state index in [0.717, 1.165) is 11.4 Å². The maximum atomic E-state index is 12.5. The van der Waals surface area contributed by atoms with E-state index in [2.05, 4.69) is 20.4 Å². The zero-order valence-corrected chi connectivity index (χ0v) is 15.9. The minimum absolute atomic E-state index is 0.133. The van der Waals surface area contributed by atoms with Crippen LogP contribution in [-0.4, -0.2) is 50.5 Å². The van der Waals surface area contributed by atoms with Gasteiger partial charge in [0, 0.05) is 11.4 Å². The lowest BCUT2D eigenvalue weighted by atomic mass is 10.2. The molecule has 10 heteroatoms. The van der Waals surface area contributed by atoms with E-state index in [4.69, 9.17) is 4.74 Å². The molecule has 1 N–H and O–H groups in total. The molecule has 0 atom stereocenters. The summed E-state index contributed by atoms with van der Waals surface area (Å²) in [5, 5.41) is 6.94. The molecule has 4 rings (SSSR count). The van der Waals surface area contributed by atoms with Crippen LogP contribution >= 0.6 is 0 Å². The van der Waals surface area contributed by atoms with E-state index in [1.165, 1.54) is 4.90 Å². The average Bonchev–Trinajstić information content (AvgIpc) is 3.08. The highest BCUT2D eigenvalue weighted by molar-refractivity contribution is 6.10. The molecule has 29 heavy (non-hydrogen) atoms. The third-order valence-corrected chi connectivity index (χ3v) is 4.39. The molecule has 1 aromatic carbocycles. The first-order valence-corrected chi connectivity index (χ1v) is 8.95. The topological polar surface area (TPSA) is 119 Å². The fraction of sp³-hybridized carbons (Fsp3) is 0.263. The molecule has 0 unspecified atom stereocenters. The van der Waals surface area contributed by atoms with Gasteiger partial charge in [-0.2, -0.15) is 4.98 Å². The second kappa shape index (κ2) is 7.30. The van der Waals surface area contributed by atoms with E-state index in [1.807, 2.05) is 19.9 Å². The standard InChI is InChI=1S/C19H18N6O4/c1-11-7-12(2)25-19(20-11)22-15(23-25)8-18(28)29-10-17(27)24-9-16(26)21-13-5-3-4-6-14(13)24/h3-7H,8-10H2,1-2H3,(H,21,26). The second-order valence-corrected chi connectivity index (χ2v) is 6.66. The summed E-state index contributed by atoms with van der Waals surface area (Å²) in [7, 11) is 0. The molecule has 0 aliphatic carbocycles. The molecule has 2 aromatic heterocycles. The van der Waals surface area contributed by atoms with Gasteiger partial charge in [-0.25, -0.2) is 9.50 Å². The van der Waals surface area contributed by atoms with Crippen molar-refractivity contribution in [2.24, 2.45) is 0 Å². The molecule has 0 spiro atoms. The zero-order valence-electron chi connectivity index (χ0n) is 15.9. The van der Waals surface area contributed by atoms with Crippen molar-refractivity contribution in [3.8, 4) is 0 Å². The van der Waals surface area contributed by atoms with Crippen molar-refractivity contribution in [3.63, 3.8) is 0 Å². The van der Waals surface area contributed by atoms with Crippen molar-refractivity contribution in [1.29, 1.82) is 0 Å². The summed E-state index contributed by atoms with van der Waals surface area (Å²) in [6, 6.07) is 8.79. The van der Waals surface area contributed by atoms with Crippen LogP contribution in [0.4, 0.5) is 11.4 Å². The van der Waals surface area contributed by atoms with Crippen LogP contribution in [0.1, 0.15) is 17.2 Å². The molecule has 1 aliphatic rings. The number of carbonyl (C=O) groups is 3. The smallest absolute Gasteiger partial charge is 0.314 e. The largest absolute Gasteiger partial charge is 0.455 e. The molecule has 3 heterocycles. The summed E-state index contributed by atoms with van der Waals surface area (Å²) in [4.78, 5) is 46.3. The van der Waals surface area contributed by atoms with Gasteiger partial charge in [-0.3, -0.25) is 19.3 Å². The predicted octanol–water partition coefficient (Wildman–Crippen LogP) is 0.812. The van der Waals surface area contributed by atoms with Crippen molar-refractivity contribution in [3.05, 3.63) is 47.5 Å². The normalized spacial score (nSPS) is 13.2. The Morgan fingerprint density at radius 1 is 1.21 bits per heavy atom. The highest BCUT2D eigenvalue weighted by Crippen LogP contribution is 2.28. The van der Waals surface area contributed by atoms with Crippen LogP contribution in [0.15, 0.2) is 30.3 Å². The van der Waals surface area contributed by atoms with E-state index in [0.29, 0.717) is 17.2 Å². The molecular weight excluding hydrogens is 376 g/mol. The number of aromatic nitrogens is 4. The summed E-state index contributed by atoms with van der Waals surface area (Å²) >= 11 is 0. The number of aryl methyl sites for hydroxylation is 2. The number of hydrogen-bond donors (Lipinski definition) is 1. The number of carbonyl (C=O) groups excluding carboxylic acids is 3. The Morgan fingerprint density at radius 3 is 2.83 bits per heavy atom. The van der Waals surface area contributed by atoms with E-state index < -0.39 is 18.5 Å². The Labute approximate surface area is 165 Å². The van der Waals surface area contributed by atoms with Gasteiger partial charge in [0.25, 0.3) is 11.7 Å². The number of nitrogens with zero attached hydrogens (tertiary/aromatic N) is 5. The predicted molar refractivity (Wildman–Crippen MR) is 102 cm³/mol. The lowest BCUT2D eigenvalue weighted by Gasteiger charge is -2.28. The summed E-state index contributed by atoms with van der Waals surface area (Å²) in [6.07, 6.45) is -0.188. The van der Waals surface area contributed by atoms with Gasteiger partial charge in [-0.1, -0.05) is 12.1 Å². The van der Waals surface area contributed by atoms with Gasteiger partial charge in [0.15, 0.2) is 12.4 Å². The maximum absolute atomic E-state index is 12.5. The third-order valence-electron chi connectivity index (χ3n) is 4.39. The van der Waals surface area contributed by atoms with Gasteiger partial charge in [0.1, 0.15) is 13.0 Å². The number of benzene rings is 1. The van der Waals surface area contributed by atoms with E-state index in [9.17, 15) is 14.4 Å². The number of hydrogen-bond acceptors (Lipinski definition) is 7. The maximum Gasteiger partial charge on any atom is 0.314 e. The number of ether oxygens (including phenoxy) is 1. The van der Waals surface area contributed by atoms with Crippen LogP contribution in [0.2, 0.25) is 0 Å². The Hall–Kier alpha value is -3.82. The van der Waals surface area contributed by atoms with Gasteiger partial charge in [0.05, 0.1) is 11.4 Å². The van der Waals surface area contributed by atoms with Crippen LogP contribution in [0.3, 0.4) is 0 Å². The van der Waals surface area contributed by atoms with Crippen LogP contribution < -0.4 is 10.2 Å². The fourth-order valence-electron chi connectivity index (χ4n) is 3.14. The Balaban J connectivity index is 1.41. The number of anilines is 2. The first kappa shape index (κ1) is 18.5. The summed E-state index contributed by atoms with van der Waals surface area (Å²) in [5.41, 5.74) is 2.74. The molecule has 3 aromatic rings. The van der Waals surface area contributed by atoms with Gasteiger partial charge in [0.2, 0.25) is 5.91 Å². The quantitative estimate of drug-likeness (QED) is 0.651. The molecule has 148 valence electrons. The van der Waals surface area contributed by atoms with E-state index in [1.54, 1.807) is 28.8 Å². The zero-order chi connectivity index (χ0) is 20.5. The molecule has 2 amide bonds. The molecular formula is C19H18N6O4. The summed E-state index contributed by atoms with van der Waals surface area (Å²) < 4.78 is 6.64. The van der Waals surface area contributed by atoms with Crippen molar-refractivity contribution < 1.29 is 19.1 Å². The first-order valence-electron chi connectivity index (χ1n) is 8.95. The highest BCUT2D eigenvalue weighted by atomic mass is 16.5. The third kappa shape index (κ3) is 3.77. The van der Waals surface area contributed by atoms with Gasteiger partial charge < -0.3 is 10.1 Å².